The number of rotatable bonds is 2. The van der Waals surface area contributed by atoms with Crippen molar-refractivity contribution in [1.82, 2.24) is 15.2 Å². The number of nitrogens with zero attached hydrogens (tertiary/aromatic N) is 2. The molecule has 5 heteroatoms. The van der Waals surface area contributed by atoms with Crippen molar-refractivity contribution in [2.24, 2.45) is 0 Å². The van der Waals surface area contributed by atoms with E-state index in [-0.39, 0.29) is 0 Å². The maximum Gasteiger partial charge on any atom is 0.181 e. The van der Waals surface area contributed by atoms with E-state index in [1.807, 2.05) is 48.5 Å². The van der Waals surface area contributed by atoms with Gasteiger partial charge < -0.3 is 5.73 Å². The zero-order valence-corrected chi connectivity index (χ0v) is 11.6. The summed E-state index contributed by atoms with van der Waals surface area (Å²) in [6, 6.07) is 15.5. The Morgan fingerprint density at radius 1 is 1.05 bits per heavy atom. The fourth-order valence-corrected chi connectivity index (χ4v) is 2.19. The summed E-state index contributed by atoms with van der Waals surface area (Å²) < 4.78 is 0.953. The van der Waals surface area contributed by atoms with E-state index < -0.39 is 0 Å². The molecule has 19 heavy (non-hydrogen) atoms. The Morgan fingerprint density at radius 2 is 1.84 bits per heavy atom. The Kier molecular flexibility index (Phi) is 3.05. The molecule has 0 aliphatic rings. The third kappa shape index (κ3) is 2.37. The second kappa shape index (κ2) is 4.85. The fourth-order valence-electron chi connectivity index (χ4n) is 1.83. The summed E-state index contributed by atoms with van der Waals surface area (Å²) in [5, 5.41) is 7.15. The number of aromatic nitrogens is 3. The van der Waals surface area contributed by atoms with Gasteiger partial charge in [-0.1, -0.05) is 46.3 Å². The van der Waals surface area contributed by atoms with Crippen LogP contribution in [-0.2, 0) is 0 Å². The SMILES string of the molecule is Nc1ccc(Br)cc1-c1nc(-c2ccccc2)n[nH]1. The molecule has 2 aromatic carbocycles. The number of nitrogens with one attached hydrogen (secondary N) is 1. The molecule has 0 radical (unpaired) electrons. The molecule has 0 bridgehead atoms. The van der Waals surface area contributed by atoms with Crippen molar-refractivity contribution in [2.45, 2.75) is 0 Å². The first-order chi connectivity index (χ1) is 9.24. The van der Waals surface area contributed by atoms with Gasteiger partial charge in [0.2, 0.25) is 0 Å². The molecule has 0 spiro atoms. The van der Waals surface area contributed by atoms with E-state index in [1.54, 1.807) is 0 Å². The molecule has 1 heterocycles. The summed E-state index contributed by atoms with van der Waals surface area (Å²) in [5.74, 6) is 1.33. The molecule has 0 saturated carbocycles. The predicted molar refractivity (Wildman–Crippen MR) is 79.4 cm³/mol. The normalized spacial score (nSPS) is 10.6. The molecule has 0 unspecified atom stereocenters. The molecule has 3 aromatic rings. The van der Waals surface area contributed by atoms with Crippen molar-refractivity contribution in [2.75, 3.05) is 5.73 Å². The number of anilines is 1. The molecule has 0 aliphatic heterocycles. The van der Waals surface area contributed by atoms with Crippen LogP contribution in [0.3, 0.4) is 0 Å². The highest BCUT2D eigenvalue weighted by Crippen LogP contribution is 2.27. The van der Waals surface area contributed by atoms with Crippen molar-refractivity contribution < 1.29 is 0 Å². The first-order valence-electron chi connectivity index (χ1n) is 5.77. The Bertz CT molecular complexity index is 706. The van der Waals surface area contributed by atoms with E-state index in [2.05, 4.69) is 31.1 Å². The zero-order valence-electron chi connectivity index (χ0n) is 9.97. The summed E-state index contributed by atoms with van der Waals surface area (Å²) in [6.45, 7) is 0. The molecule has 3 N–H and O–H groups in total. The van der Waals surface area contributed by atoms with Gasteiger partial charge in [-0.05, 0) is 18.2 Å². The molecule has 94 valence electrons. The summed E-state index contributed by atoms with van der Waals surface area (Å²) in [6.07, 6.45) is 0. The maximum absolute atomic E-state index is 5.96. The molecule has 4 nitrogen and oxygen atoms in total. The quantitative estimate of drug-likeness (QED) is 0.711. The van der Waals surface area contributed by atoms with Gasteiger partial charge in [0, 0.05) is 21.3 Å². The number of nitrogen functional groups attached to an aromatic ring is 1. The Labute approximate surface area is 118 Å². The van der Waals surface area contributed by atoms with E-state index in [9.17, 15) is 0 Å². The van der Waals surface area contributed by atoms with Gasteiger partial charge in [0.25, 0.3) is 0 Å². The largest absolute Gasteiger partial charge is 0.398 e. The van der Waals surface area contributed by atoms with Crippen LogP contribution in [0.25, 0.3) is 22.8 Å². The first-order valence-corrected chi connectivity index (χ1v) is 6.56. The van der Waals surface area contributed by atoms with Crippen LogP contribution >= 0.6 is 15.9 Å². The zero-order chi connectivity index (χ0) is 13.2. The van der Waals surface area contributed by atoms with E-state index in [0.717, 1.165) is 15.6 Å². The van der Waals surface area contributed by atoms with Gasteiger partial charge in [0.15, 0.2) is 11.6 Å². The lowest BCUT2D eigenvalue weighted by Crippen LogP contribution is -1.91. The van der Waals surface area contributed by atoms with Crippen LogP contribution in [0.4, 0.5) is 5.69 Å². The van der Waals surface area contributed by atoms with Crippen LogP contribution in [0, 0.1) is 0 Å². The summed E-state index contributed by atoms with van der Waals surface area (Å²) >= 11 is 3.43. The van der Waals surface area contributed by atoms with Crippen LogP contribution < -0.4 is 5.73 Å². The number of hydrogen-bond donors (Lipinski definition) is 2. The van der Waals surface area contributed by atoms with Crippen molar-refractivity contribution in [3.05, 3.63) is 53.0 Å². The molecule has 1 aromatic heterocycles. The highest BCUT2D eigenvalue weighted by molar-refractivity contribution is 9.10. The van der Waals surface area contributed by atoms with Gasteiger partial charge in [0.05, 0.1) is 0 Å². The first kappa shape index (κ1) is 11.9. The molecule has 0 saturated heterocycles. The Hall–Kier alpha value is -2.14. The smallest absolute Gasteiger partial charge is 0.181 e. The molecule has 3 rings (SSSR count). The highest BCUT2D eigenvalue weighted by Gasteiger charge is 2.10. The predicted octanol–water partition coefficient (Wildman–Crippen LogP) is 3.48. The number of hydrogen-bond acceptors (Lipinski definition) is 3. The number of halogens is 1. The van der Waals surface area contributed by atoms with Gasteiger partial charge in [-0.2, -0.15) is 5.10 Å². The van der Waals surface area contributed by atoms with Gasteiger partial charge in [-0.3, -0.25) is 5.10 Å². The van der Waals surface area contributed by atoms with Crippen molar-refractivity contribution in [3.63, 3.8) is 0 Å². The van der Waals surface area contributed by atoms with E-state index >= 15 is 0 Å². The summed E-state index contributed by atoms with van der Waals surface area (Å²) in [4.78, 5) is 4.49. The lowest BCUT2D eigenvalue weighted by atomic mass is 10.1. The molecular weight excluding hydrogens is 304 g/mol. The molecular formula is C14H11BrN4. The van der Waals surface area contributed by atoms with Gasteiger partial charge in [0.1, 0.15) is 0 Å². The number of H-pyrrole nitrogens is 1. The second-order valence-electron chi connectivity index (χ2n) is 4.11. The highest BCUT2D eigenvalue weighted by atomic mass is 79.9. The Balaban J connectivity index is 2.04. The average molecular weight is 315 g/mol. The standard InChI is InChI=1S/C14H11BrN4/c15-10-6-7-12(16)11(8-10)14-17-13(18-19-14)9-4-2-1-3-5-9/h1-8H,16H2,(H,17,18,19). The minimum absolute atomic E-state index is 0.662. The minimum Gasteiger partial charge on any atom is -0.398 e. The molecule has 0 aliphatic carbocycles. The van der Waals surface area contributed by atoms with Crippen molar-refractivity contribution >= 4 is 21.6 Å². The van der Waals surface area contributed by atoms with Crippen LogP contribution in [-0.4, -0.2) is 15.2 Å². The minimum atomic E-state index is 0.662. The van der Waals surface area contributed by atoms with E-state index in [4.69, 9.17) is 5.73 Å². The van der Waals surface area contributed by atoms with Crippen LogP contribution in [0.1, 0.15) is 0 Å². The third-order valence-electron chi connectivity index (χ3n) is 2.79. The maximum atomic E-state index is 5.96. The van der Waals surface area contributed by atoms with Gasteiger partial charge >= 0.3 is 0 Å². The molecule has 0 fully saturated rings. The van der Waals surface area contributed by atoms with Gasteiger partial charge in [-0.15, -0.1) is 0 Å². The summed E-state index contributed by atoms with van der Waals surface area (Å²) in [7, 11) is 0. The van der Waals surface area contributed by atoms with E-state index in [0.29, 0.717) is 17.3 Å². The monoisotopic (exact) mass is 314 g/mol. The van der Waals surface area contributed by atoms with Crippen molar-refractivity contribution in [3.8, 4) is 22.8 Å². The van der Waals surface area contributed by atoms with E-state index in [1.165, 1.54) is 0 Å². The third-order valence-corrected chi connectivity index (χ3v) is 3.28. The average Bonchev–Trinajstić information content (AvgIpc) is 2.92. The van der Waals surface area contributed by atoms with Crippen molar-refractivity contribution in [1.29, 1.82) is 0 Å². The number of nitrogens with two attached hydrogens (primary N) is 1. The number of aromatic amines is 1. The lowest BCUT2D eigenvalue weighted by molar-refractivity contribution is 1.10. The van der Waals surface area contributed by atoms with Crippen LogP contribution in [0.2, 0.25) is 0 Å². The van der Waals surface area contributed by atoms with Crippen LogP contribution in [0.15, 0.2) is 53.0 Å². The Morgan fingerprint density at radius 3 is 2.63 bits per heavy atom. The molecule has 0 atom stereocenters. The second-order valence-corrected chi connectivity index (χ2v) is 5.02. The lowest BCUT2D eigenvalue weighted by Gasteiger charge is -2.01. The van der Waals surface area contributed by atoms with Gasteiger partial charge in [-0.25, -0.2) is 4.98 Å². The molecule has 0 amide bonds. The van der Waals surface area contributed by atoms with Crippen LogP contribution in [0.5, 0.6) is 0 Å². The fraction of sp³-hybridized carbons (Fsp3) is 0. The number of benzene rings is 2. The summed E-state index contributed by atoms with van der Waals surface area (Å²) in [5.41, 5.74) is 8.43. The topological polar surface area (TPSA) is 67.6 Å².